The third kappa shape index (κ3) is 2.79. The van der Waals surface area contributed by atoms with Crippen LogP contribution >= 0.6 is 0 Å². The highest BCUT2D eigenvalue weighted by molar-refractivity contribution is 5.79. The van der Waals surface area contributed by atoms with Crippen LogP contribution in [-0.4, -0.2) is 31.4 Å². The van der Waals surface area contributed by atoms with Crippen LogP contribution in [0.4, 0.5) is 0 Å². The molecule has 4 rings (SSSR count). The summed E-state index contributed by atoms with van der Waals surface area (Å²) in [5.41, 5.74) is 3.48. The van der Waals surface area contributed by atoms with E-state index in [0.717, 1.165) is 22.3 Å². The molecule has 0 bridgehead atoms. The van der Waals surface area contributed by atoms with Crippen LogP contribution in [0.3, 0.4) is 0 Å². The molecular weight excluding hydrogens is 326 g/mol. The fraction of sp³-hybridized carbons (Fsp3) is 0.200. The number of rotatable bonds is 5. The van der Waals surface area contributed by atoms with E-state index < -0.39 is 0 Å². The number of hydrogen-bond acceptors (Lipinski definition) is 5. The zero-order valence-electron chi connectivity index (χ0n) is 14.8. The molecule has 0 amide bonds. The number of aromatic nitrogens is 5. The Bertz CT molecular complexity index is 1100. The van der Waals surface area contributed by atoms with Crippen LogP contribution in [0.1, 0.15) is 36.8 Å². The van der Waals surface area contributed by atoms with Crippen molar-refractivity contribution in [3.05, 3.63) is 72.3 Å². The van der Waals surface area contributed by atoms with Gasteiger partial charge in [0.2, 0.25) is 0 Å². The molecule has 0 N–H and O–H groups in total. The van der Waals surface area contributed by atoms with Gasteiger partial charge in [0.25, 0.3) is 0 Å². The maximum Gasteiger partial charge on any atom is 0.177 e. The maximum atomic E-state index is 5.47. The molecule has 26 heavy (non-hydrogen) atoms. The number of benzene rings is 1. The summed E-state index contributed by atoms with van der Waals surface area (Å²) in [6, 6.07) is 14.0. The molecule has 3 aromatic heterocycles. The van der Waals surface area contributed by atoms with Gasteiger partial charge in [-0.25, -0.2) is 0 Å². The summed E-state index contributed by atoms with van der Waals surface area (Å²) in [4.78, 5) is 4.37. The summed E-state index contributed by atoms with van der Waals surface area (Å²) in [5, 5.41) is 14.3. The van der Waals surface area contributed by atoms with Crippen molar-refractivity contribution >= 4 is 22.3 Å². The molecule has 0 fully saturated rings. The molecule has 0 aliphatic carbocycles. The molecule has 0 aliphatic rings. The Morgan fingerprint density at radius 1 is 1.19 bits per heavy atom. The molecule has 1 atom stereocenters. The molecule has 1 unspecified atom stereocenters. The van der Waals surface area contributed by atoms with Crippen molar-refractivity contribution in [3.8, 4) is 0 Å². The van der Waals surface area contributed by atoms with Crippen molar-refractivity contribution in [1.82, 2.24) is 24.8 Å². The predicted octanol–water partition coefficient (Wildman–Crippen LogP) is 3.83. The van der Waals surface area contributed by atoms with Gasteiger partial charge in [0, 0.05) is 17.5 Å². The summed E-state index contributed by atoms with van der Waals surface area (Å²) in [7, 11) is 0. The normalized spacial score (nSPS) is 12.4. The first-order chi connectivity index (χ1) is 12.7. The Balaban J connectivity index is 1.76. The molecule has 6 heteroatoms. The second-order valence-electron chi connectivity index (χ2n) is 6.08. The molecule has 4 aromatic rings. The number of nitrogens with zero attached hydrogens (tertiary/aromatic N) is 5. The van der Waals surface area contributed by atoms with E-state index in [4.69, 9.17) is 4.74 Å². The lowest BCUT2D eigenvalue weighted by molar-refractivity contribution is 0.297. The van der Waals surface area contributed by atoms with E-state index in [0.29, 0.717) is 23.7 Å². The Labute approximate surface area is 151 Å². The SMILES string of the molecule is C=C(OCC)c1ccc2nnc(C(C)c3ccc4ncccc4c3)n2n1. The third-order valence-electron chi connectivity index (χ3n) is 4.41. The zero-order chi connectivity index (χ0) is 18.1. The quantitative estimate of drug-likeness (QED) is 0.514. The topological polar surface area (TPSA) is 65.2 Å². The molecule has 0 aliphatic heterocycles. The van der Waals surface area contributed by atoms with Crippen molar-refractivity contribution in [3.63, 3.8) is 0 Å². The molecule has 0 radical (unpaired) electrons. The van der Waals surface area contributed by atoms with Crippen LogP contribution in [0.2, 0.25) is 0 Å². The van der Waals surface area contributed by atoms with Gasteiger partial charge in [-0.3, -0.25) is 4.98 Å². The minimum atomic E-state index is 0.0257. The minimum Gasteiger partial charge on any atom is -0.492 e. The summed E-state index contributed by atoms with van der Waals surface area (Å²) in [6.45, 7) is 8.50. The van der Waals surface area contributed by atoms with E-state index in [9.17, 15) is 0 Å². The van der Waals surface area contributed by atoms with Crippen molar-refractivity contribution in [2.75, 3.05) is 6.61 Å². The molecule has 0 spiro atoms. The molecule has 130 valence electrons. The van der Waals surface area contributed by atoms with Crippen molar-refractivity contribution in [2.24, 2.45) is 0 Å². The number of hydrogen-bond donors (Lipinski definition) is 0. The van der Waals surface area contributed by atoms with Crippen molar-refractivity contribution < 1.29 is 4.74 Å². The average molecular weight is 345 g/mol. The lowest BCUT2D eigenvalue weighted by atomic mass is 9.98. The Hall–Kier alpha value is -3.28. The first-order valence-electron chi connectivity index (χ1n) is 8.56. The number of fused-ring (bicyclic) bond motifs is 2. The molecule has 3 heterocycles. The molecule has 6 nitrogen and oxygen atoms in total. The van der Waals surface area contributed by atoms with E-state index in [1.165, 1.54) is 0 Å². The van der Waals surface area contributed by atoms with E-state index >= 15 is 0 Å². The van der Waals surface area contributed by atoms with Gasteiger partial charge < -0.3 is 4.74 Å². The van der Waals surface area contributed by atoms with Crippen molar-refractivity contribution in [2.45, 2.75) is 19.8 Å². The standard InChI is InChI=1S/C20H19N5O/c1-4-26-14(3)17-9-10-19-22-23-20(25(19)24-17)13(2)15-7-8-18-16(12-15)6-5-11-21-18/h5-13H,3-4H2,1-2H3. The Kier molecular flexibility index (Phi) is 4.08. The first kappa shape index (κ1) is 16.2. The monoisotopic (exact) mass is 345 g/mol. The van der Waals surface area contributed by atoms with Gasteiger partial charge in [-0.15, -0.1) is 10.2 Å². The third-order valence-corrected chi connectivity index (χ3v) is 4.41. The lowest BCUT2D eigenvalue weighted by Crippen LogP contribution is -2.07. The largest absolute Gasteiger partial charge is 0.492 e. The van der Waals surface area contributed by atoms with E-state index in [-0.39, 0.29) is 5.92 Å². The van der Waals surface area contributed by atoms with Crippen molar-refractivity contribution in [1.29, 1.82) is 0 Å². The van der Waals surface area contributed by atoms with E-state index in [1.807, 2.05) is 31.2 Å². The highest BCUT2D eigenvalue weighted by Crippen LogP contribution is 2.26. The fourth-order valence-electron chi connectivity index (χ4n) is 2.98. The summed E-state index contributed by atoms with van der Waals surface area (Å²) in [6.07, 6.45) is 1.80. The van der Waals surface area contributed by atoms with Crippen LogP contribution < -0.4 is 0 Å². The lowest BCUT2D eigenvalue weighted by Gasteiger charge is -2.11. The number of ether oxygens (including phenoxy) is 1. The van der Waals surface area contributed by atoms with Gasteiger partial charge >= 0.3 is 0 Å². The Morgan fingerprint density at radius 2 is 2.08 bits per heavy atom. The number of pyridine rings is 1. The van der Waals surface area contributed by atoms with Gasteiger partial charge in [0.15, 0.2) is 11.5 Å². The second-order valence-corrected chi connectivity index (χ2v) is 6.08. The van der Waals surface area contributed by atoms with Gasteiger partial charge in [0.1, 0.15) is 11.5 Å². The summed E-state index contributed by atoms with van der Waals surface area (Å²) in [5.74, 6) is 1.34. The van der Waals surface area contributed by atoms with E-state index in [2.05, 4.69) is 52.0 Å². The van der Waals surface area contributed by atoms with E-state index in [1.54, 1.807) is 10.7 Å². The smallest absolute Gasteiger partial charge is 0.177 e. The summed E-state index contributed by atoms with van der Waals surface area (Å²) >= 11 is 0. The molecule has 1 aromatic carbocycles. The molecule has 0 saturated carbocycles. The molecular formula is C20H19N5O. The first-order valence-corrected chi connectivity index (χ1v) is 8.56. The van der Waals surface area contributed by atoms with Gasteiger partial charge in [0.05, 0.1) is 12.1 Å². The average Bonchev–Trinajstić information content (AvgIpc) is 3.10. The highest BCUT2D eigenvalue weighted by Gasteiger charge is 2.18. The second kappa shape index (κ2) is 6.55. The Morgan fingerprint density at radius 3 is 2.92 bits per heavy atom. The van der Waals surface area contributed by atoms with Crippen LogP contribution in [-0.2, 0) is 4.74 Å². The fourth-order valence-corrected chi connectivity index (χ4v) is 2.98. The van der Waals surface area contributed by atoms with Crippen LogP contribution in [0.15, 0.2) is 55.2 Å². The maximum absolute atomic E-state index is 5.47. The predicted molar refractivity (Wildman–Crippen MR) is 101 cm³/mol. The van der Waals surface area contributed by atoms with Gasteiger partial charge in [-0.05, 0) is 42.8 Å². The summed E-state index contributed by atoms with van der Waals surface area (Å²) < 4.78 is 7.23. The van der Waals surface area contributed by atoms with Crippen LogP contribution in [0, 0.1) is 0 Å². The van der Waals surface area contributed by atoms with Gasteiger partial charge in [-0.2, -0.15) is 9.61 Å². The van der Waals surface area contributed by atoms with Crippen LogP contribution in [0.5, 0.6) is 0 Å². The molecule has 0 saturated heterocycles. The highest BCUT2D eigenvalue weighted by atomic mass is 16.5. The minimum absolute atomic E-state index is 0.0257. The zero-order valence-corrected chi connectivity index (χ0v) is 14.8. The van der Waals surface area contributed by atoms with Crippen LogP contribution in [0.25, 0.3) is 22.3 Å². The van der Waals surface area contributed by atoms with Gasteiger partial charge in [-0.1, -0.05) is 25.6 Å².